The van der Waals surface area contributed by atoms with Crippen LogP contribution in [0.3, 0.4) is 0 Å². The van der Waals surface area contributed by atoms with E-state index < -0.39 is 10.8 Å². The largest absolute Gasteiger partial charge is 0.466 e. The molecule has 0 aliphatic rings. The standard InChI is InChI=1S/C18H28Cl2O4/c1-2-3-4-5-6-7-8-9-10-11-14-23-17(21)12-13-18(22)24-15-16(19)20/h16H,2,5-15H2,1H3. The highest BCUT2D eigenvalue weighted by Gasteiger charge is 2.10. The lowest BCUT2D eigenvalue weighted by atomic mass is 10.1. The smallest absolute Gasteiger partial charge is 0.306 e. The number of halogens is 2. The summed E-state index contributed by atoms with van der Waals surface area (Å²) in [6, 6.07) is 0. The van der Waals surface area contributed by atoms with Crippen LogP contribution >= 0.6 is 23.2 Å². The maximum Gasteiger partial charge on any atom is 0.306 e. The Hall–Kier alpha value is -0.920. The van der Waals surface area contributed by atoms with E-state index in [-0.39, 0.29) is 25.4 Å². The third-order valence-corrected chi connectivity index (χ3v) is 3.42. The molecule has 0 saturated heterocycles. The molecule has 0 bridgehead atoms. The fraction of sp³-hybridized carbons (Fsp3) is 0.778. The van der Waals surface area contributed by atoms with Crippen molar-refractivity contribution in [3.63, 3.8) is 0 Å². The van der Waals surface area contributed by atoms with Crippen LogP contribution in [-0.4, -0.2) is 30.0 Å². The van der Waals surface area contributed by atoms with Gasteiger partial charge in [0.05, 0.1) is 19.4 Å². The molecule has 0 spiro atoms. The summed E-state index contributed by atoms with van der Waals surface area (Å²) in [6.45, 7) is 2.39. The highest BCUT2D eigenvalue weighted by atomic mass is 35.5. The van der Waals surface area contributed by atoms with E-state index in [0.29, 0.717) is 6.61 Å². The lowest BCUT2D eigenvalue weighted by Gasteiger charge is -2.06. The second-order valence-corrected chi connectivity index (χ2v) is 6.65. The van der Waals surface area contributed by atoms with Crippen LogP contribution in [0.1, 0.15) is 71.1 Å². The summed E-state index contributed by atoms with van der Waals surface area (Å²) >= 11 is 10.9. The third-order valence-electron chi connectivity index (χ3n) is 3.16. The number of alkyl halides is 2. The fourth-order valence-electron chi connectivity index (χ4n) is 1.93. The van der Waals surface area contributed by atoms with E-state index >= 15 is 0 Å². The maximum atomic E-state index is 11.5. The van der Waals surface area contributed by atoms with E-state index in [4.69, 9.17) is 32.7 Å². The quantitative estimate of drug-likeness (QED) is 0.200. The molecule has 0 N–H and O–H groups in total. The van der Waals surface area contributed by atoms with Gasteiger partial charge in [0.25, 0.3) is 0 Å². The molecule has 6 heteroatoms. The molecule has 0 aliphatic carbocycles. The van der Waals surface area contributed by atoms with Gasteiger partial charge in [-0.15, -0.1) is 35.0 Å². The molecule has 0 rings (SSSR count). The fourth-order valence-corrected chi connectivity index (χ4v) is 2.05. The number of carbonyl (C=O) groups excluding carboxylic acids is 2. The van der Waals surface area contributed by atoms with Crippen LogP contribution in [0.5, 0.6) is 0 Å². The summed E-state index contributed by atoms with van der Waals surface area (Å²) in [4.78, 5) is 22.0. The van der Waals surface area contributed by atoms with Crippen molar-refractivity contribution in [2.45, 2.75) is 76.0 Å². The van der Waals surface area contributed by atoms with E-state index in [1.807, 2.05) is 0 Å². The zero-order valence-electron chi connectivity index (χ0n) is 14.5. The average Bonchev–Trinajstić information content (AvgIpc) is 2.56. The zero-order valence-corrected chi connectivity index (χ0v) is 16.0. The van der Waals surface area contributed by atoms with E-state index in [0.717, 1.165) is 38.5 Å². The van der Waals surface area contributed by atoms with Crippen LogP contribution in [-0.2, 0) is 19.1 Å². The first-order chi connectivity index (χ1) is 11.6. The van der Waals surface area contributed by atoms with Crippen LogP contribution in [0.4, 0.5) is 0 Å². The average molecular weight is 379 g/mol. The van der Waals surface area contributed by atoms with Crippen LogP contribution in [0.2, 0.25) is 0 Å². The minimum Gasteiger partial charge on any atom is -0.466 e. The van der Waals surface area contributed by atoms with Gasteiger partial charge < -0.3 is 9.47 Å². The molecule has 0 aromatic heterocycles. The van der Waals surface area contributed by atoms with Gasteiger partial charge >= 0.3 is 11.9 Å². The van der Waals surface area contributed by atoms with Gasteiger partial charge in [-0.05, 0) is 12.8 Å². The molecule has 0 aromatic carbocycles. The number of ether oxygens (including phenoxy) is 2. The van der Waals surface area contributed by atoms with Gasteiger partial charge in [-0.3, -0.25) is 9.59 Å². The lowest BCUT2D eigenvalue weighted by Crippen LogP contribution is -2.13. The van der Waals surface area contributed by atoms with Gasteiger partial charge in [-0.2, -0.15) is 0 Å². The van der Waals surface area contributed by atoms with Crippen molar-refractivity contribution in [2.24, 2.45) is 0 Å². The SMILES string of the molecule is CCC#CCCCCCCCCOC(=O)CCC(=O)OCC(Cl)Cl. The van der Waals surface area contributed by atoms with Crippen molar-refractivity contribution in [3.8, 4) is 11.8 Å². The number of carbonyl (C=O) groups is 2. The molecule has 0 aromatic rings. The maximum absolute atomic E-state index is 11.5. The Kier molecular flexibility index (Phi) is 16.3. The van der Waals surface area contributed by atoms with Crippen LogP contribution < -0.4 is 0 Å². The summed E-state index contributed by atoms with van der Waals surface area (Å²) in [5.41, 5.74) is 0. The zero-order chi connectivity index (χ0) is 18.0. The van der Waals surface area contributed by atoms with Gasteiger partial charge in [0.15, 0.2) is 0 Å². The molecule has 24 heavy (non-hydrogen) atoms. The van der Waals surface area contributed by atoms with Crippen molar-refractivity contribution in [1.29, 1.82) is 0 Å². The van der Waals surface area contributed by atoms with Crippen molar-refractivity contribution in [3.05, 3.63) is 0 Å². The van der Waals surface area contributed by atoms with Gasteiger partial charge in [-0.1, -0.05) is 32.6 Å². The van der Waals surface area contributed by atoms with Crippen LogP contribution in [0.25, 0.3) is 0 Å². The van der Waals surface area contributed by atoms with E-state index in [1.165, 1.54) is 12.8 Å². The monoisotopic (exact) mass is 378 g/mol. The van der Waals surface area contributed by atoms with E-state index in [1.54, 1.807) is 0 Å². The molecule has 4 nitrogen and oxygen atoms in total. The Balaban J connectivity index is 3.35. The number of esters is 2. The third kappa shape index (κ3) is 17.4. The van der Waals surface area contributed by atoms with Crippen LogP contribution in [0, 0.1) is 11.8 Å². The Morgan fingerprint density at radius 1 is 0.875 bits per heavy atom. The number of hydrogen-bond donors (Lipinski definition) is 0. The first kappa shape index (κ1) is 23.1. The second kappa shape index (κ2) is 16.9. The molecule has 0 unspecified atom stereocenters. The first-order valence-electron chi connectivity index (χ1n) is 8.61. The second-order valence-electron chi connectivity index (χ2n) is 5.37. The number of rotatable bonds is 13. The number of hydrogen-bond acceptors (Lipinski definition) is 4. The molecule has 0 saturated carbocycles. The van der Waals surface area contributed by atoms with Crippen molar-refractivity contribution < 1.29 is 19.1 Å². The first-order valence-corrected chi connectivity index (χ1v) is 9.48. The summed E-state index contributed by atoms with van der Waals surface area (Å²) in [5, 5.41) is 0. The molecular formula is C18H28Cl2O4. The summed E-state index contributed by atoms with van der Waals surface area (Å²) in [5.74, 6) is 5.33. The molecule has 0 radical (unpaired) electrons. The Morgan fingerprint density at radius 2 is 1.46 bits per heavy atom. The van der Waals surface area contributed by atoms with Gasteiger partial charge in [0, 0.05) is 12.8 Å². The van der Waals surface area contributed by atoms with Crippen molar-refractivity contribution in [2.75, 3.05) is 13.2 Å². The number of unbranched alkanes of at least 4 members (excludes halogenated alkanes) is 6. The molecule has 0 aliphatic heterocycles. The minimum absolute atomic E-state index is 0.0136. The predicted octanol–water partition coefficient (Wildman–Crippen LogP) is 4.80. The lowest BCUT2D eigenvalue weighted by molar-refractivity contribution is -0.150. The Bertz CT molecular complexity index is 400. The van der Waals surface area contributed by atoms with Crippen molar-refractivity contribution in [1.82, 2.24) is 0 Å². The normalized spacial score (nSPS) is 10.2. The molecule has 0 atom stereocenters. The van der Waals surface area contributed by atoms with Crippen LogP contribution in [0.15, 0.2) is 0 Å². The van der Waals surface area contributed by atoms with E-state index in [9.17, 15) is 9.59 Å². The Labute approximate surface area is 155 Å². The predicted molar refractivity (Wildman–Crippen MR) is 97.0 cm³/mol. The minimum atomic E-state index is -0.745. The summed E-state index contributed by atoms with van der Waals surface area (Å²) in [6.07, 6.45) is 8.52. The molecule has 138 valence electrons. The topological polar surface area (TPSA) is 52.6 Å². The van der Waals surface area contributed by atoms with Crippen molar-refractivity contribution >= 4 is 35.1 Å². The van der Waals surface area contributed by atoms with Gasteiger partial charge in [0.1, 0.15) is 11.4 Å². The summed E-state index contributed by atoms with van der Waals surface area (Å²) < 4.78 is 9.82. The molecular weight excluding hydrogens is 351 g/mol. The van der Waals surface area contributed by atoms with E-state index in [2.05, 4.69) is 18.8 Å². The molecule has 0 heterocycles. The highest BCUT2D eigenvalue weighted by molar-refractivity contribution is 6.44. The summed E-state index contributed by atoms with van der Waals surface area (Å²) in [7, 11) is 0. The highest BCUT2D eigenvalue weighted by Crippen LogP contribution is 2.08. The Morgan fingerprint density at radius 3 is 2.08 bits per heavy atom. The van der Waals surface area contributed by atoms with Gasteiger partial charge in [0.2, 0.25) is 0 Å². The molecule has 0 fully saturated rings. The molecule has 0 amide bonds. The van der Waals surface area contributed by atoms with Gasteiger partial charge in [-0.25, -0.2) is 0 Å².